The highest BCUT2D eigenvalue weighted by Crippen LogP contribution is 2.23. The van der Waals surface area contributed by atoms with Crippen LogP contribution in [0.1, 0.15) is 19.4 Å². The molecule has 0 fully saturated rings. The maximum absolute atomic E-state index is 13.8. The molecular formula is C17H17F2N3O2. The average molecular weight is 333 g/mol. The first-order valence-corrected chi connectivity index (χ1v) is 7.32. The van der Waals surface area contributed by atoms with Crippen molar-refractivity contribution in [1.82, 2.24) is 0 Å². The molecule has 0 bridgehead atoms. The van der Waals surface area contributed by atoms with Gasteiger partial charge >= 0.3 is 6.03 Å². The van der Waals surface area contributed by atoms with Gasteiger partial charge in [0.25, 0.3) is 0 Å². The van der Waals surface area contributed by atoms with Crippen LogP contribution in [0.2, 0.25) is 0 Å². The number of nitrogens with one attached hydrogen (secondary N) is 3. The smallest absolute Gasteiger partial charge is 0.323 e. The van der Waals surface area contributed by atoms with Crippen molar-refractivity contribution in [3.8, 4) is 0 Å². The molecule has 126 valence electrons. The van der Waals surface area contributed by atoms with Crippen molar-refractivity contribution in [3.05, 3.63) is 53.6 Å². The SMILES string of the molecule is CCc1ccc(NC(=O)Nc2cc(NC(C)=O)c(F)cc2F)cc1. The Bertz CT molecular complexity index is 761. The van der Waals surface area contributed by atoms with Gasteiger partial charge in [0.2, 0.25) is 5.91 Å². The molecule has 0 heterocycles. The lowest BCUT2D eigenvalue weighted by molar-refractivity contribution is -0.114. The van der Waals surface area contributed by atoms with E-state index in [0.717, 1.165) is 18.1 Å². The van der Waals surface area contributed by atoms with Gasteiger partial charge in [-0.25, -0.2) is 13.6 Å². The predicted molar refractivity (Wildman–Crippen MR) is 89.1 cm³/mol. The van der Waals surface area contributed by atoms with Crippen LogP contribution in [0.25, 0.3) is 0 Å². The molecule has 5 nitrogen and oxygen atoms in total. The van der Waals surface area contributed by atoms with Gasteiger partial charge in [0.05, 0.1) is 11.4 Å². The van der Waals surface area contributed by atoms with E-state index in [1.54, 1.807) is 12.1 Å². The maximum Gasteiger partial charge on any atom is 0.323 e. The van der Waals surface area contributed by atoms with E-state index in [-0.39, 0.29) is 11.4 Å². The summed E-state index contributed by atoms with van der Waals surface area (Å²) in [6.45, 7) is 3.21. The minimum Gasteiger partial charge on any atom is -0.324 e. The molecule has 24 heavy (non-hydrogen) atoms. The molecule has 0 spiro atoms. The molecule has 0 atom stereocenters. The standard InChI is InChI=1S/C17H17F2N3O2/c1-3-11-4-6-12(7-5-11)21-17(24)22-16-9-15(20-10(2)23)13(18)8-14(16)19/h4-9H,3H2,1-2H3,(H,20,23)(H2,21,22,24). The van der Waals surface area contributed by atoms with Crippen LogP contribution in [0.3, 0.4) is 0 Å². The third kappa shape index (κ3) is 4.52. The van der Waals surface area contributed by atoms with Crippen molar-refractivity contribution in [1.29, 1.82) is 0 Å². The van der Waals surface area contributed by atoms with Crippen molar-refractivity contribution in [3.63, 3.8) is 0 Å². The van der Waals surface area contributed by atoms with Gasteiger partial charge < -0.3 is 16.0 Å². The Hall–Kier alpha value is -2.96. The molecule has 0 radical (unpaired) electrons. The van der Waals surface area contributed by atoms with Crippen molar-refractivity contribution in [2.24, 2.45) is 0 Å². The molecule has 0 aliphatic rings. The predicted octanol–water partition coefficient (Wildman–Crippen LogP) is 4.13. The third-order valence-electron chi connectivity index (χ3n) is 3.24. The van der Waals surface area contributed by atoms with Crippen LogP contribution in [-0.4, -0.2) is 11.9 Å². The Morgan fingerprint density at radius 3 is 2.04 bits per heavy atom. The minimum absolute atomic E-state index is 0.216. The van der Waals surface area contributed by atoms with Crippen LogP contribution < -0.4 is 16.0 Å². The highest BCUT2D eigenvalue weighted by atomic mass is 19.1. The van der Waals surface area contributed by atoms with E-state index in [1.807, 2.05) is 19.1 Å². The highest BCUT2D eigenvalue weighted by Gasteiger charge is 2.13. The normalized spacial score (nSPS) is 10.2. The largest absolute Gasteiger partial charge is 0.324 e. The number of aryl methyl sites for hydroxylation is 1. The summed E-state index contributed by atoms with van der Waals surface area (Å²) in [6.07, 6.45) is 0.874. The first-order chi connectivity index (χ1) is 11.4. The summed E-state index contributed by atoms with van der Waals surface area (Å²) < 4.78 is 27.3. The number of halogens is 2. The van der Waals surface area contributed by atoms with Crippen molar-refractivity contribution in [2.75, 3.05) is 16.0 Å². The number of carbonyl (C=O) groups excluding carboxylic acids is 2. The quantitative estimate of drug-likeness (QED) is 0.787. The molecule has 0 unspecified atom stereocenters. The molecule has 2 rings (SSSR count). The van der Waals surface area contributed by atoms with Crippen LogP contribution in [0.4, 0.5) is 30.6 Å². The molecule has 0 aliphatic heterocycles. The van der Waals surface area contributed by atoms with Gasteiger partial charge in [-0.2, -0.15) is 0 Å². The van der Waals surface area contributed by atoms with Gasteiger partial charge in [0.1, 0.15) is 11.6 Å². The van der Waals surface area contributed by atoms with Crippen molar-refractivity contribution in [2.45, 2.75) is 20.3 Å². The number of amides is 3. The summed E-state index contributed by atoms with van der Waals surface area (Å²) in [5.41, 5.74) is 1.19. The Balaban J connectivity index is 2.11. The van der Waals surface area contributed by atoms with E-state index in [1.165, 1.54) is 6.92 Å². The van der Waals surface area contributed by atoms with Gasteiger partial charge in [-0.05, 0) is 30.2 Å². The number of carbonyl (C=O) groups is 2. The molecule has 3 N–H and O–H groups in total. The number of urea groups is 1. The molecule has 0 saturated carbocycles. The Morgan fingerprint density at radius 2 is 1.50 bits per heavy atom. The van der Waals surface area contributed by atoms with E-state index in [9.17, 15) is 18.4 Å². The van der Waals surface area contributed by atoms with Crippen LogP contribution in [0.15, 0.2) is 36.4 Å². The second-order valence-corrected chi connectivity index (χ2v) is 5.12. The summed E-state index contributed by atoms with van der Waals surface area (Å²) >= 11 is 0. The maximum atomic E-state index is 13.8. The highest BCUT2D eigenvalue weighted by molar-refractivity contribution is 6.00. The molecule has 7 heteroatoms. The Kier molecular flexibility index (Phi) is 5.47. The first-order valence-electron chi connectivity index (χ1n) is 7.32. The van der Waals surface area contributed by atoms with Gasteiger partial charge in [0, 0.05) is 18.7 Å². The first kappa shape index (κ1) is 17.4. The van der Waals surface area contributed by atoms with Gasteiger partial charge in [-0.1, -0.05) is 19.1 Å². The lowest BCUT2D eigenvalue weighted by Gasteiger charge is -2.11. The van der Waals surface area contributed by atoms with Crippen LogP contribution in [-0.2, 0) is 11.2 Å². The molecule has 0 aliphatic carbocycles. The fraction of sp³-hybridized carbons (Fsp3) is 0.176. The number of anilines is 3. The molecule has 3 amide bonds. The summed E-state index contributed by atoms with van der Waals surface area (Å²) in [6, 6.07) is 8.11. The summed E-state index contributed by atoms with van der Waals surface area (Å²) in [7, 11) is 0. The number of hydrogen-bond donors (Lipinski definition) is 3. The number of hydrogen-bond acceptors (Lipinski definition) is 2. The van der Waals surface area contributed by atoms with Gasteiger partial charge in [-0.3, -0.25) is 4.79 Å². The van der Waals surface area contributed by atoms with E-state index >= 15 is 0 Å². The third-order valence-corrected chi connectivity index (χ3v) is 3.24. The zero-order chi connectivity index (χ0) is 17.7. The van der Waals surface area contributed by atoms with Crippen molar-refractivity contribution < 1.29 is 18.4 Å². The van der Waals surface area contributed by atoms with Crippen LogP contribution in [0, 0.1) is 11.6 Å². The molecule has 0 saturated heterocycles. The average Bonchev–Trinajstić information content (AvgIpc) is 2.52. The van der Waals surface area contributed by atoms with E-state index in [2.05, 4.69) is 16.0 Å². The van der Waals surface area contributed by atoms with E-state index < -0.39 is 23.6 Å². The second-order valence-electron chi connectivity index (χ2n) is 5.12. The molecule has 0 aromatic heterocycles. The van der Waals surface area contributed by atoms with Crippen LogP contribution >= 0.6 is 0 Å². The van der Waals surface area contributed by atoms with Gasteiger partial charge in [0.15, 0.2) is 0 Å². The zero-order valence-corrected chi connectivity index (χ0v) is 13.2. The summed E-state index contributed by atoms with van der Waals surface area (Å²) in [5, 5.41) is 7.06. The lowest BCUT2D eigenvalue weighted by atomic mass is 10.1. The minimum atomic E-state index is -0.946. The summed E-state index contributed by atoms with van der Waals surface area (Å²) in [5.74, 6) is -2.38. The Morgan fingerprint density at radius 1 is 0.917 bits per heavy atom. The fourth-order valence-electron chi connectivity index (χ4n) is 2.04. The van der Waals surface area contributed by atoms with E-state index in [0.29, 0.717) is 11.8 Å². The monoisotopic (exact) mass is 333 g/mol. The lowest BCUT2D eigenvalue weighted by Crippen LogP contribution is -2.20. The second kappa shape index (κ2) is 7.54. The molecular weight excluding hydrogens is 316 g/mol. The zero-order valence-electron chi connectivity index (χ0n) is 13.2. The van der Waals surface area contributed by atoms with Gasteiger partial charge in [-0.15, -0.1) is 0 Å². The van der Waals surface area contributed by atoms with E-state index in [4.69, 9.17) is 0 Å². The van der Waals surface area contributed by atoms with Crippen molar-refractivity contribution >= 4 is 29.0 Å². The summed E-state index contributed by atoms with van der Waals surface area (Å²) in [4.78, 5) is 22.9. The fourth-order valence-corrected chi connectivity index (χ4v) is 2.04. The van der Waals surface area contributed by atoms with Crippen LogP contribution in [0.5, 0.6) is 0 Å². The number of benzene rings is 2. The molecule has 2 aromatic carbocycles. The Labute approximate surface area is 138 Å². The molecule has 2 aromatic rings. The topological polar surface area (TPSA) is 70.2 Å². The number of rotatable bonds is 4.